The monoisotopic (exact) mass is 378 g/mol. The molecule has 4 saturated carbocycles. The Bertz CT molecular complexity index is 707. The molecule has 0 radical (unpaired) electrons. The zero-order valence-electron chi connectivity index (χ0n) is 15.9. The second kappa shape index (κ2) is 5.41. The molecule has 1 aliphatic heterocycles. The molecule has 5 aliphatic rings. The first kappa shape index (κ1) is 18.2. The number of aliphatic hydroxyl groups excluding tert-OH is 2. The molecule has 6 heteroatoms. The molecular weight excluding hydrogens is 348 g/mol. The van der Waals surface area contributed by atoms with Gasteiger partial charge in [0.2, 0.25) is 0 Å². The van der Waals surface area contributed by atoms with Gasteiger partial charge >= 0.3 is 0 Å². The molecule has 0 amide bonds. The minimum absolute atomic E-state index is 0.0212. The molecule has 0 aromatic carbocycles. The Labute approximate surface area is 159 Å². The molecular formula is C21H30O6. The minimum atomic E-state index is -1.18. The van der Waals surface area contributed by atoms with E-state index in [9.17, 15) is 24.9 Å². The first-order valence-electron chi connectivity index (χ1n) is 10.5. The fourth-order valence-corrected chi connectivity index (χ4v) is 8.45. The molecule has 1 heterocycles. The largest absolute Gasteiger partial charge is 0.389 e. The quantitative estimate of drug-likeness (QED) is 0.670. The van der Waals surface area contributed by atoms with Gasteiger partial charge in [0, 0.05) is 24.7 Å². The van der Waals surface area contributed by atoms with Crippen LogP contribution in [0.2, 0.25) is 0 Å². The number of rotatable bonds is 2. The van der Waals surface area contributed by atoms with Crippen LogP contribution in [0.1, 0.15) is 64.7 Å². The number of fused-ring (bicyclic) bond motifs is 1. The van der Waals surface area contributed by atoms with Crippen LogP contribution in [0.4, 0.5) is 0 Å². The van der Waals surface area contributed by atoms with Gasteiger partial charge in [-0.25, -0.2) is 0 Å². The van der Waals surface area contributed by atoms with E-state index in [0.717, 1.165) is 25.7 Å². The highest BCUT2D eigenvalue weighted by Crippen LogP contribution is 2.75. The molecule has 3 N–H and O–H groups in total. The van der Waals surface area contributed by atoms with E-state index in [1.165, 1.54) is 0 Å². The first-order chi connectivity index (χ1) is 12.7. The number of Topliss-reactive ketones (excluding diaryl/α,β-unsaturated/α-hetero) is 2. The average Bonchev–Trinajstić information content (AvgIpc) is 3.07. The maximum Gasteiger partial charge on any atom is 0.164 e. The molecule has 5 fully saturated rings. The molecule has 27 heavy (non-hydrogen) atoms. The predicted molar refractivity (Wildman–Crippen MR) is 94.4 cm³/mol. The number of carbonyl (C=O) groups excluding carboxylic acids is 2. The van der Waals surface area contributed by atoms with Crippen molar-refractivity contribution >= 4 is 11.6 Å². The minimum Gasteiger partial charge on any atom is -0.389 e. The van der Waals surface area contributed by atoms with E-state index in [0.29, 0.717) is 25.7 Å². The predicted octanol–water partition coefficient (Wildman–Crippen LogP) is 1.34. The Morgan fingerprint density at radius 1 is 1.15 bits per heavy atom. The number of carbonyl (C=O) groups is 2. The number of ketones is 2. The maximum absolute atomic E-state index is 12.4. The van der Waals surface area contributed by atoms with Crippen molar-refractivity contribution in [3.8, 4) is 0 Å². The van der Waals surface area contributed by atoms with Gasteiger partial charge in [0.15, 0.2) is 12.1 Å². The topological polar surface area (TPSA) is 104 Å². The van der Waals surface area contributed by atoms with Gasteiger partial charge in [0.25, 0.3) is 0 Å². The van der Waals surface area contributed by atoms with Crippen molar-refractivity contribution in [2.75, 3.05) is 6.61 Å². The molecule has 1 spiro atoms. The highest BCUT2D eigenvalue weighted by molar-refractivity contribution is 5.83. The molecule has 1 saturated heterocycles. The van der Waals surface area contributed by atoms with E-state index < -0.39 is 29.5 Å². The van der Waals surface area contributed by atoms with Crippen LogP contribution in [0.15, 0.2) is 0 Å². The Balaban J connectivity index is 1.58. The van der Waals surface area contributed by atoms with Gasteiger partial charge in [-0.1, -0.05) is 6.92 Å². The number of aliphatic hydroxyl groups is 3. The van der Waals surface area contributed by atoms with Crippen LogP contribution in [0.25, 0.3) is 0 Å². The third-order valence-electron chi connectivity index (χ3n) is 9.53. The lowest BCUT2D eigenvalue weighted by molar-refractivity contribution is -0.214. The molecule has 0 aromatic heterocycles. The van der Waals surface area contributed by atoms with Crippen molar-refractivity contribution in [2.45, 2.75) is 82.2 Å². The van der Waals surface area contributed by atoms with Gasteiger partial charge in [0.1, 0.15) is 12.4 Å². The van der Waals surface area contributed by atoms with E-state index in [1.807, 2.05) is 0 Å². The fourth-order valence-electron chi connectivity index (χ4n) is 8.45. The van der Waals surface area contributed by atoms with E-state index in [2.05, 4.69) is 6.92 Å². The number of ether oxygens (including phenoxy) is 1. The van der Waals surface area contributed by atoms with Crippen LogP contribution >= 0.6 is 0 Å². The normalized spacial score (nSPS) is 56.4. The fraction of sp³-hybridized carbons (Fsp3) is 0.905. The number of hydrogen-bond donors (Lipinski definition) is 3. The van der Waals surface area contributed by atoms with E-state index in [1.54, 1.807) is 0 Å². The van der Waals surface area contributed by atoms with Crippen LogP contribution in [-0.4, -0.2) is 51.0 Å². The Morgan fingerprint density at radius 3 is 2.67 bits per heavy atom. The standard InChI is InChI=1S/C21H30O6/c1-18-6-5-16-20-7-4-12(23)10-19(20,26)8-9-21(16,27-17(20)25)15(18)3-2-13(18)14(24)11-22/h13,15-17,22,25-26H,2-11H2,1H3/t13-,15-,16-,17+,18-,19-,20-,21-/m1/s1. The van der Waals surface area contributed by atoms with Gasteiger partial charge in [-0.15, -0.1) is 0 Å². The zero-order valence-corrected chi connectivity index (χ0v) is 15.9. The molecule has 8 atom stereocenters. The summed E-state index contributed by atoms with van der Waals surface area (Å²) in [5.74, 6) is -0.00856. The molecule has 4 aliphatic carbocycles. The first-order valence-corrected chi connectivity index (χ1v) is 10.5. The summed E-state index contributed by atoms with van der Waals surface area (Å²) in [6, 6.07) is 0. The maximum atomic E-state index is 12.4. The van der Waals surface area contributed by atoms with Gasteiger partial charge in [-0.3, -0.25) is 9.59 Å². The van der Waals surface area contributed by atoms with Crippen molar-refractivity contribution in [3.63, 3.8) is 0 Å². The van der Waals surface area contributed by atoms with Crippen LogP contribution in [0, 0.1) is 28.6 Å². The Kier molecular flexibility index (Phi) is 3.65. The smallest absolute Gasteiger partial charge is 0.164 e. The van der Waals surface area contributed by atoms with Gasteiger partial charge in [-0.2, -0.15) is 0 Å². The summed E-state index contributed by atoms with van der Waals surface area (Å²) in [6.07, 6.45) is 4.26. The second-order valence-electron chi connectivity index (χ2n) is 10.1. The lowest BCUT2D eigenvalue weighted by Gasteiger charge is -2.62. The van der Waals surface area contributed by atoms with Crippen LogP contribution in [0.5, 0.6) is 0 Å². The van der Waals surface area contributed by atoms with Crippen molar-refractivity contribution in [2.24, 2.45) is 28.6 Å². The SMILES string of the molecule is C[C@]12CC[C@H]3[C@@]4(CC[C@@]5(O)CC(=O)CC[C@]35[C@@H](O)O4)[C@@H]1CC[C@@H]2C(=O)CO. The number of hydrogen-bond acceptors (Lipinski definition) is 6. The van der Waals surface area contributed by atoms with E-state index in [-0.39, 0.29) is 41.2 Å². The summed E-state index contributed by atoms with van der Waals surface area (Å²) < 4.78 is 6.39. The van der Waals surface area contributed by atoms with Crippen LogP contribution < -0.4 is 0 Å². The molecule has 2 bridgehead atoms. The van der Waals surface area contributed by atoms with Gasteiger partial charge < -0.3 is 20.1 Å². The lowest BCUT2D eigenvalue weighted by atomic mass is 9.42. The van der Waals surface area contributed by atoms with Crippen LogP contribution in [-0.2, 0) is 14.3 Å². The summed E-state index contributed by atoms with van der Waals surface area (Å²) in [5.41, 5.74) is -2.70. The molecule has 0 aromatic rings. The van der Waals surface area contributed by atoms with Crippen molar-refractivity contribution in [3.05, 3.63) is 0 Å². The molecule has 5 rings (SSSR count). The van der Waals surface area contributed by atoms with Crippen molar-refractivity contribution in [1.82, 2.24) is 0 Å². The Morgan fingerprint density at radius 2 is 1.93 bits per heavy atom. The van der Waals surface area contributed by atoms with E-state index in [4.69, 9.17) is 4.74 Å². The third kappa shape index (κ3) is 1.91. The highest BCUT2D eigenvalue weighted by Gasteiger charge is 2.79. The zero-order chi connectivity index (χ0) is 19.2. The summed E-state index contributed by atoms with van der Waals surface area (Å²) in [4.78, 5) is 24.5. The lowest BCUT2D eigenvalue weighted by Crippen LogP contribution is -2.67. The highest BCUT2D eigenvalue weighted by atomic mass is 16.6. The summed E-state index contributed by atoms with van der Waals surface area (Å²) in [7, 11) is 0. The summed E-state index contributed by atoms with van der Waals surface area (Å²) >= 11 is 0. The molecule has 6 nitrogen and oxygen atoms in total. The van der Waals surface area contributed by atoms with Crippen LogP contribution in [0.3, 0.4) is 0 Å². The summed E-state index contributed by atoms with van der Waals surface area (Å²) in [6.45, 7) is 1.73. The van der Waals surface area contributed by atoms with Gasteiger partial charge in [0.05, 0.1) is 16.6 Å². The van der Waals surface area contributed by atoms with Crippen molar-refractivity contribution < 1.29 is 29.6 Å². The second-order valence-corrected chi connectivity index (χ2v) is 10.1. The van der Waals surface area contributed by atoms with Crippen molar-refractivity contribution in [1.29, 1.82) is 0 Å². The molecule has 150 valence electrons. The van der Waals surface area contributed by atoms with Gasteiger partial charge in [-0.05, 0) is 56.3 Å². The summed E-state index contributed by atoms with van der Waals surface area (Å²) in [5, 5.41) is 32.0. The average molecular weight is 378 g/mol. The van der Waals surface area contributed by atoms with E-state index >= 15 is 0 Å². The Hall–Kier alpha value is -0.820. The molecule has 0 unspecified atom stereocenters. The third-order valence-corrected chi connectivity index (χ3v) is 9.53.